The number of hydrogen-bond donors (Lipinski definition) is 2. The van der Waals surface area contributed by atoms with Gasteiger partial charge in [-0.05, 0) is 78.6 Å². The van der Waals surface area contributed by atoms with Crippen LogP contribution in [-0.4, -0.2) is 59.4 Å². The van der Waals surface area contributed by atoms with E-state index in [1.807, 2.05) is 11.7 Å². The zero-order valence-corrected chi connectivity index (χ0v) is 18.7. The lowest BCUT2D eigenvalue weighted by molar-refractivity contribution is 0.273. The predicted octanol–water partition coefficient (Wildman–Crippen LogP) is 3.04. The van der Waals surface area contributed by atoms with E-state index in [2.05, 4.69) is 62.2 Å². The average molecular weight is 379 g/mol. The second-order valence-electron chi connectivity index (χ2n) is 7.48. The van der Waals surface area contributed by atoms with Gasteiger partial charge in [-0.15, -0.1) is 0 Å². The lowest BCUT2D eigenvalue weighted by Crippen LogP contribution is -2.43. The maximum absolute atomic E-state index is 4.78. The molecular formula is C21H42N6. The third kappa shape index (κ3) is 8.33. The number of aliphatic imine (C=N–C) groups is 1. The Balaban J connectivity index is 2.54. The van der Waals surface area contributed by atoms with Gasteiger partial charge in [-0.1, -0.05) is 13.8 Å². The van der Waals surface area contributed by atoms with Crippen molar-refractivity contribution in [1.29, 1.82) is 0 Å². The number of rotatable bonds is 12. The van der Waals surface area contributed by atoms with Crippen LogP contribution in [0.5, 0.6) is 0 Å². The molecule has 0 fully saturated rings. The van der Waals surface area contributed by atoms with Crippen molar-refractivity contribution in [3.05, 3.63) is 17.0 Å². The van der Waals surface area contributed by atoms with Crippen molar-refractivity contribution in [2.45, 2.75) is 73.3 Å². The number of nitrogens with zero attached hydrogens (tertiary/aromatic N) is 4. The van der Waals surface area contributed by atoms with E-state index >= 15 is 0 Å². The molecule has 0 saturated carbocycles. The van der Waals surface area contributed by atoms with E-state index in [-0.39, 0.29) is 0 Å². The highest BCUT2D eigenvalue weighted by molar-refractivity contribution is 5.80. The normalized spacial score (nSPS) is 13.3. The Bertz CT molecular complexity index is 557. The lowest BCUT2D eigenvalue weighted by Gasteiger charge is -2.21. The SMILES string of the molecule is CCCN(CCC)CCCN=C(NCC)NC(C)Cc1c(C)nn(C)c1C. The summed E-state index contributed by atoms with van der Waals surface area (Å²) >= 11 is 0. The second kappa shape index (κ2) is 12.8. The molecule has 0 amide bonds. The van der Waals surface area contributed by atoms with Crippen molar-refractivity contribution in [3.8, 4) is 0 Å². The van der Waals surface area contributed by atoms with Gasteiger partial charge >= 0.3 is 0 Å². The monoisotopic (exact) mass is 378 g/mol. The summed E-state index contributed by atoms with van der Waals surface area (Å²) in [5, 5.41) is 11.5. The van der Waals surface area contributed by atoms with Gasteiger partial charge in [-0.2, -0.15) is 5.10 Å². The molecule has 27 heavy (non-hydrogen) atoms. The molecule has 1 aromatic rings. The van der Waals surface area contributed by atoms with Crippen LogP contribution in [0, 0.1) is 13.8 Å². The molecule has 156 valence electrons. The predicted molar refractivity (Wildman–Crippen MR) is 117 cm³/mol. The first-order chi connectivity index (χ1) is 12.9. The third-order valence-corrected chi connectivity index (χ3v) is 4.88. The summed E-state index contributed by atoms with van der Waals surface area (Å²) in [4.78, 5) is 7.33. The van der Waals surface area contributed by atoms with E-state index in [1.165, 1.54) is 37.2 Å². The van der Waals surface area contributed by atoms with Gasteiger partial charge < -0.3 is 15.5 Å². The first-order valence-electron chi connectivity index (χ1n) is 10.7. The van der Waals surface area contributed by atoms with Gasteiger partial charge in [-0.3, -0.25) is 9.67 Å². The van der Waals surface area contributed by atoms with Crippen molar-refractivity contribution in [3.63, 3.8) is 0 Å². The minimum absolute atomic E-state index is 0.307. The van der Waals surface area contributed by atoms with Crippen molar-refractivity contribution < 1.29 is 0 Å². The largest absolute Gasteiger partial charge is 0.357 e. The summed E-state index contributed by atoms with van der Waals surface area (Å²) in [6, 6.07) is 0.307. The lowest BCUT2D eigenvalue weighted by atomic mass is 10.1. The van der Waals surface area contributed by atoms with E-state index in [1.54, 1.807) is 0 Å². The van der Waals surface area contributed by atoms with Crippen molar-refractivity contribution in [2.24, 2.45) is 12.0 Å². The van der Waals surface area contributed by atoms with Crippen LogP contribution in [0.3, 0.4) is 0 Å². The molecule has 1 atom stereocenters. The van der Waals surface area contributed by atoms with Gasteiger partial charge in [0.1, 0.15) is 0 Å². The number of guanidine groups is 1. The van der Waals surface area contributed by atoms with Gasteiger partial charge in [0.05, 0.1) is 5.69 Å². The molecule has 6 nitrogen and oxygen atoms in total. The smallest absolute Gasteiger partial charge is 0.191 e. The van der Waals surface area contributed by atoms with Crippen molar-refractivity contribution in [2.75, 3.05) is 32.7 Å². The Labute approximate surface area is 166 Å². The zero-order valence-electron chi connectivity index (χ0n) is 18.7. The first-order valence-corrected chi connectivity index (χ1v) is 10.7. The molecule has 0 aliphatic rings. The average Bonchev–Trinajstić information content (AvgIpc) is 2.85. The summed E-state index contributed by atoms with van der Waals surface area (Å²) < 4.78 is 1.97. The Morgan fingerprint density at radius 3 is 2.33 bits per heavy atom. The first kappa shape index (κ1) is 23.5. The fraction of sp³-hybridized carbons (Fsp3) is 0.810. The Morgan fingerprint density at radius 1 is 1.15 bits per heavy atom. The molecule has 0 radical (unpaired) electrons. The molecule has 1 rings (SSSR count). The van der Waals surface area contributed by atoms with E-state index in [9.17, 15) is 0 Å². The highest BCUT2D eigenvalue weighted by Crippen LogP contribution is 2.14. The van der Waals surface area contributed by atoms with Crippen LogP contribution in [0.15, 0.2) is 4.99 Å². The number of aromatic nitrogens is 2. The molecule has 6 heteroatoms. The van der Waals surface area contributed by atoms with Crippen LogP contribution in [0.25, 0.3) is 0 Å². The van der Waals surface area contributed by atoms with Gasteiger partial charge in [-0.25, -0.2) is 0 Å². The second-order valence-corrected chi connectivity index (χ2v) is 7.48. The maximum Gasteiger partial charge on any atom is 0.191 e. The molecule has 0 aromatic carbocycles. The van der Waals surface area contributed by atoms with Crippen LogP contribution >= 0.6 is 0 Å². The Morgan fingerprint density at radius 2 is 1.81 bits per heavy atom. The van der Waals surface area contributed by atoms with Crippen LogP contribution in [-0.2, 0) is 13.5 Å². The van der Waals surface area contributed by atoms with E-state index in [0.717, 1.165) is 44.1 Å². The maximum atomic E-state index is 4.78. The molecule has 0 spiro atoms. The molecule has 0 bridgehead atoms. The number of nitrogens with one attached hydrogen (secondary N) is 2. The molecule has 0 aliphatic carbocycles. The minimum Gasteiger partial charge on any atom is -0.357 e. The summed E-state index contributed by atoms with van der Waals surface area (Å²) in [5.74, 6) is 0.918. The van der Waals surface area contributed by atoms with Crippen LogP contribution in [0.1, 0.15) is 63.9 Å². The summed E-state index contributed by atoms with van der Waals surface area (Å²) in [6.07, 6.45) is 4.50. The van der Waals surface area contributed by atoms with E-state index < -0.39 is 0 Å². The van der Waals surface area contributed by atoms with Gasteiger partial charge in [0.15, 0.2) is 5.96 Å². The van der Waals surface area contributed by atoms with Crippen molar-refractivity contribution in [1.82, 2.24) is 25.3 Å². The molecule has 2 N–H and O–H groups in total. The molecular weight excluding hydrogens is 336 g/mol. The quantitative estimate of drug-likeness (QED) is 0.333. The Kier molecular flexibility index (Phi) is 11.1. The van der Waals surface area contributed by atoms with Gasteiger partial charge in [0.25, 0.3) is 0 Å². The Hall–Kier alpha value is -1.56. The standard InChI is InChI=1S/C21H42N6/c1-8-13-27(14-9-2)15-11-12-23-21(22-10-3)24-17(4)16-20-18(5)25-26(7)19(20)6/h17H,8-16H2,1-7H3,(H2,22,23,24). The number of hydrogen-bond acceptors (Lipinski definition) is 3. The molecule has 0 aliphatic heterocycles. The van der Waals surface area contributed by atoms with Crippen LogP contribution in [0.4, 0.5) is 0 Å². The fourth-order valence-corrected chi connectivity index (χ4v) is 3.48. The molecule has 0 saturated heterocycles. The fourth-order valence-electron chi connectivity index (χ4n) is 3.48. The minimum atomic E-state index is 0.307. The van der Waals surface area contributed by atoms with Gasteiger partial charge in [0.2, 0.25) is 0 Å². The molecule has 1 aromatic heterocycles. The highest BCUT2D eigenvalue weighted by atomic mass is 15.3. The van der Waals surface area contributed by atoms with E-state index in [4.69, 9.17) is 4.99 Å². The third-order valence-electron chi connectivity index (χ3n) is 4.88. The molecule has 1 unspecified atom stereocenters. The van der Waals surface area contributed by atoms with Crippen LogP contribution in [0.2, 0.25) is 0 Å². The summed E-state index contributed by atoms with van der Waals surface area (Å²) in [7, 11) is 2.01. The van der Waals surface area contributed by atoms with Gasteiger partial charge in [0, 0.05) is 31.9 Å². The highest BCUT2D eigenvalue weighted by Gasteiger charge is 2.14. The number of aryl methyl sites for hydroxylation is 2. The topological polar surface area (TPSA) is 57.5 Å². The zero-order chi connectivity index (χ0) is 20.2. The molecule has 1 heterocycles. The van der Waals surface area contributed by atoms with Crippen LogP contribution < -0.4 is 10.6 Å². The summed E-state index contributed by atoms with van der Waals surface area (Å²) in [5.41, 5.74) is 3.70. The van der Waals surface area contributed by atoms with Crippen molar-refractivity contribution >= 4 is 5.96 Å². The van der Waals surface area contributed by atoms with E-state index in [0.29, 0.717) is 6.04 Å². The summed E-state index contributed by atoms with van der Waals surface area (Å²) in [6.45, 7) is 18.3.